The molecule has 0 aliphatic heterocycles. The maximum atomic E-state index is 5.33. The van der Waals surface area contributed by atoms with Gasteiger partial charge in [-0.15, -0.1) is 12.3 Å². The van der Waals surface area contributed by atoms with Crippen molar-refractivity contribution in [1.82, 2.24) is 0 Å². The number of hydrogen-bond acceptors (Lipinski definition) is 0. The van der Waals surface area contributed by atoms with Crippen LogP contribution in [0.2, 0.25) is 0 Å². The van der Waals surface area contributed by atoms with Gasteiger partial charge in [0.2, 0.25) is 0 Å². The molecular weight excluding hydrogens is 204 g/mol. The van der Waals surface area contributed by atoms with Gasteiger partial charge in [-0.05, 0) is 36.8 Å². The summed E-state index contributed by atoms with van der Waals surface area (Å²) in [5.41, 5.74) is 3.42. The lowest BCUT2D eigenvalue weighted by Gasteiger charge is -2.24. The normalized spacial score (nSPS) is 13.5. The quantitative estimate of drug-likeness (QED) is 0.308. The molecular formula is C17H26. The number of rotatable bonds is 8. The van der Waals surface area contributed by atoms with Crippen LogP contribution in [0.25, 0.3) is 0 Å². The van der Waals surface area contributed by atoms with Crippen molar-refractivity contribution in [1.29, 1.82) is 0 Å². The highest BCUT2D eigenvalue weighted by Crippen LogP contribution is 2.32. The number of terminal acetylenes is 1. The lowest BCUT2D eigenvalue weighted by Crippen LogP contribution is -2.10. The predicted octanol–water partition coefficient (Wildman–Crippen LogP) is 5.14. The highest BCUT2D eigenvalue weighted by molar-refractivity contribution is 5.34. The lowest BCUT2D eigenvalue weighted by atomic mass is 9.81. The highest BCUT2D eigenvalue weighted by Gasteiger charge is 2.18. The Labute approximate surface area is 108 Å². The van der Waals surface area contributed by atoms with Crippen LogP contribution in [0.3, 0.4) is 0 Å². The van der Waals surface area contributed by atoms with E-state index in [1.807, 2.05) is 6.92 Å². The Hall–Kier alpha value is -1.22. The zero-order chi connectivity index (χ0) is 13.4. The molecule has 0 saturated carbocycles. The molecule has 0 N–H and O–H groups in total. The van der Waals surface area contributed by atoms with E-state index in [0.717, 1.165) is 36.0 Å². The molecule has 0 aromatic heterocycles. The van der Waals surface area contributed by atoms with Crippen LogP contribution < -0.4 is 0 Å². The summed E-state index contributed by atoms with van der Waals surface area (Å²) in [7, 11) is 0. The van der Waals surface area contributed by atoms with Gasteiger partial charge in [-0.1, -0.05) is 45.6 Å². The van der Waals surface area contributed by atoms with Crippen LogP contribution in [0, 0.1) is 24.2 Å². The summed E-state index contributed by atoms with van der Waals surface area (Å²) in [5, 5.41) is 0. The molecule has 17 heavy (non-hydrogen) atoms. The molecule has 0 aliphatic rings. The fourth-order valence-corrected chi connectivity index (χ4v) is 2.09. The third-order valence-electron chi connectivity index (χ3n) is 3.32. The van der Waals surface area contributed by atoms with Gasteiger partial charge in [-0.3, -0.25) is 0 Å². The molecule has 0 spiro atoms. The Morgan fingerprint density at radius 3 is 2.18 bits per heavy atom. The maximum Gasteiger partial charge on any atom is 0.00949 e. The fraction of sp³-hybridized carbons (Fsp3) is 0.529. The van der Waals surface area contributed by atoms with Gasteiger partial charge in [-0.25, -0.2) is 0 Å². The molecule has 0 rings (SSSR count). The van der Waals surface area contributed by atoms with Gasteiger partial charge in [0, 0.05) is 12.3 Å². The maximum absolute atomic E-state index is 5.33. The SMILES string of the molecule is C#CCCC(C(=C)C)C(=C)C(=C)C(C)CCC. The van der Waals surface area contributed by atoms with Gasteiger partial charge < -0.3 is 0 Å². The average molecular weight is 230 g/mol. The second kappa shape index (κ2) is 7.96. The van der Waals surface area contributed by atoms with Crippen LogP contribution in [-0.2, 0) is 0 Å². The van der Waals surface area contributed by atoms with E-state index in [0.29, 0.717) is 5.92 Å². The van der Waals surface area contributed by atoms with Gasteiger partial charge in [0.05, 0.1) is 0 Å². The van der Waals surface area contributed by atoms with E-state index in [4.69, 9.17) is 6.42 Å². The van der Waals surface area contributed by atoms with Crippen molar-refractivity contribution in [2.45, 2.75) is 46.5 Å². The zero-order valence-electron chi connectivity index (χ0n) is 11.7. The van der Waals surface area contributed by atoms with Crippen LogP contribution in [0.4, 0.5) is 0 Å². The van der Waals surface area contributed by atoms with Crippen molar-refractivity contribution >= 4 is 0 Å². The first-order valence-corrected chi connectivity index (χ1v) is 6.42. The van der Waals surface area contributed by atoms with Crippen molar-refractivity contribution < 1.29 is 0 Å². The van der Waals surface area contributed by atoms with Gasteiger partial charge in [0.25, 0.3) is 0 Å². The van der Waals surface area contributed by atoms with Crippen molar-refractivity contribution in [2.24, 2.45) is 11.8 Å². The minimum Gasteiger partial charge on any atom is -0.120 e. The summed E-state index contributed by atoms with van der Waals surface area (Å²) in [5.74, 6) is 3.48. The molecule has 0 bridgehead atoms. The monoisotopic (exact) mass is 230 g/mol. The summed E-state index contributed by atoms with van der Waals surface area (Å²) in [6, 6.07) is 0. The molecule has 0 fully saturated rings. The lowest BCUT2D eigenvalue weighted by molar-refractivity contribution is 0.578. The van der Waals surface area contributed by atoms with Gasteiger partial charge in [0.1, 0.15) is 0 Å². The summed E-state index contributed by atoms with van der Waals surface area (Å²) >= 11 is 0. The topological polar surface area (TPSA) is 0 Å². The van der Waals surface area contributed by atoms with Crippen LogP contribution in [0.5, 0.6) is 0 Å². The minimum absolute atomic E-state index is 0.290. The van der Waals surface area contributed by atoms with Crippen LogP contribution in [0.1, 0.15) is 46.5 Å². The standard InChI is InChI=1S/C17H26/c1-8-10-12-17(13(3)4)16(7)15(6)14(5)11-9-2/h1,14,17H,3,6-7,9-12H2,2,4-5H3. The second-order valence-electron chi connectivity index (χ2n) is 4.88. The van der Waals surface area contributed by atoms with Crippen LogP contribution >= 0.6 is 0 Å². The third kappa shape index (κ3) is 5.09. The molecule has 0 aliphatic carbocycles. The van der Waals surface area contributed by atoms with Crippen molar-refractivity contribution in [3.05, 3.63) is 36.5 Å². The Morgan fingerprint density at radius 2 is 1.76 bits per heavy atom. The summed E-state index contributed by atoms with van der Waals surface area (Å²) in [6.45, 7) is 18.9. The summed E-state index contributed by atoms with van der Waals surface area (Å²) in [6.07, 6.45) is 9.37. The first kappa shape index (κ1) is 15.8. The molecule has 0 aromatic rings. The molecule has 0 saturated heterocycles. The molecule has 2 unspecified atom stereocenters. The van der Waals surface area contributed by atoms with Crippen molar-refractivity contribution in [3.8, 4) is 12.3 Å². The van der Waals surface area contributed by atoms with Crippen molar-refractivity contribution in [3.63, 3.8) is 0 Å². The van der Waals surface area contributed by atoms with E-state index >= 15 is 0 Å². The van der Waals surface area contributed by atoms with Crippen LogP contribution in [-0.4, -0.2) is 0 Å². The van der Waals surface area contributed by atoms with Crippen molar-refractivity contribution in [2.75, 3.05) is 0 Å². The summed E-state index contributed by atoms with van der Waals surface area (Å²) in [4.78, 5) is 0. The Morgan fingerprint density at radius 1 is 1.18 bits per heavy atom. The van der Waals surface area contributed by atoms with E-state index in [2.05, 4.69) is 39.5 Å². The number of hydrogen-bond donors (Lipinski definition) is 0. The van der Waals surface area contributed by atoms with E-state index < -0.39 is 0 Å². The Bertz CT molecular complexity index is 324. The minimum atomic E-state index is 0.290. The average Bonchev–Trinajstić information content (AvgIpc) is 2.28. The first-order chi connectivity index (χ1) is 7.95. The van der Waals surface area contributed by atoms with E-state index in [1.165, 1.54) is 6.42 Å². The van der Waals surface area contributed by atoms with E-state index in [-0.39, 0.29) is 5.92 Å². The van der Waals surface area contributed by atoms with Gasteiger partial charge in [-0.2, -0.15) is 0 Å². The van der Waals surface area contributed by atoms with Crippen LogP contribution in [0.15, 0.2) is 36.5 Å². The molecule has 0 amide bonds. The van der Waals surface area contributed by atoms with Gasteiger partial charge in [0.15, 0.2) is 0 Å². The molecule has 0 nitrogen and oxygen atoms in total. The zero-order valence-corrected chi connectivity index (χ0v) is 11.7. The Balaban J connectivity index is 4.67. The fourth-order valence-electron chi connectivity index (χ4n) is 2.09. The molecule has 0 heterocycles. The largest absolute Gasteiger partial charge is 0.120 e. The predicted molar refractivity (Wildman–Crippen MR) is 78.7 cm³/mol. The molecule has 0 heteroatoms. The molecule has 94 valence electrons. The third-order valence-corrected chi connectivity index (χ3v) is 3.32. The molecule has 0 radical (unpaired) electrons. The molecule has 0 aromatic carbocycles. The highest BCUT2D eigenvalue weighted by atomic mass is 14.2. The number of allylic oxidation sites excluding steroid dienone is 3. The van der Waals surface area contributed by atoms with E-state index in [9.17, 15) is 0 Å². The second-order valence-corrected chi connectivity index (χ2v) is 4.88. The molecule has 2 atom stereocenters. The van der Waals surface area contributed by atoms with E-state index in [1.54, 1.807) is 0 Å². The first-order valence-electron chi connectivity index (χ1n) is 6.42. The van der Waals surface area contributed by atoms with Gasteiger partial charge >= 0.3 is 0 Å². The summed E-state index contributed by atoms with van der Waals surface area (Å²) < 4.78 is 0. The Kier molecular flexibility index (Phi) is 7.39. The smallest absolute Gasteiger partial charge is 0.00949 e.